The number of aromatic carboxylic acids is 1. The van der Waals surface area contributed by atoms with E-state index in [0.29, 0.717) is 29.7 Å². The van der Waals surface area contributed by atoms with Crippen molar-refractivity contribution < 1.29 is 14.7 Å². The lowest BCUT2D eigenvalue weighted by atomic mass is 10.1. The van der Waals surface area contributed by atoms with Crippen molar-refractivity contribution in [2.45, 2.75) is 13.3 Å². The lowest BCUT2D eigenvalue weighted by molar-refractivity contribution is -0.117. The molecule has 6 heteroatoms. The summed E-state index contributed by atoms with van der Waals surface area (Å²) in [6.07, 6.45) is 0.425. The molecular weight excluding hydrogens is 312 g/mol. The molecule has 1 unspecified atom stereocenters. The van der Waals surface area contributed by atoms with Crippen LogP contribution in [0.1, 0.15) is 22.3 Å². The predicted octanol–water partition coefficient (Wildman–Crippen LogP) is 1.77. The normalized spacial score (nSPS) is 19.0. The molecule has 102 valence electrons. The van der Waals surface area contributed by atoms with Gasteiger partial charge in [0.25, 0.3) is 0 Å². The number of rotatable bonds is 3. The first-order valence-corrected chi connectivity index (χ1v) is 6.77. The van der Waals surface area contributed by atoms with Crippen LogP contribution in [0.25, 0.3) is 0 Å². The molecule has 0 aliphatic carbocycles. The maximum absolute atomic E-state index is 12.0. The van der Waals surface area contributed by atoms with Crippen LogP contribution in [0.3, 0.4) is 0 Å². The number of carboxylic acids is 1. The highest BCUT2D eigenvalue weighted by atomic mass is 79.9. The lowest BCUT2D eigenvalue weighted by Crippen LogP contribution is -2.26. The van der Waals surface area contributed by atoms with Gasteiger partial charge in [-0.15, -0.1) is 0 Å². The molecule has 5 nitrogen and oxygen atoms in total. The number of carbonyl (C=O) groups is 2. The van der Waals surface area contributed by atoms with Crippen molar-refractivity contribution in [1.29, 1.82) is 0 Å². The third-order valence-corrected chi connectivity index (χ3v) is 4.00. The summed E-state index contributed by atoms with van der Waals surface area (Å²) in [7, 11) is 0. The summed E-state index contributed by atoms with van der Waals surface area (Å²) in [5.41, 5.74) is 7.27. The summed E-state index contributed by atoms with van der Waals surface area (Å²) in [5, 5.41) is 9.13. The molecule has 0 saturated carbocycles. The van der Waals surface area contributed by atoms with Crippen LogP contribution >= 0.6 is 15.9 Å². The van der Waals surface area contributed by atoms with Gasteiger partial charge in [-0.25, -0.2) is 4.79 Å². The van der Waals surface area contributed by atoms with Crippen LogP contribution in [-0.4, -0.2) is 30.1 Å². The number of hydrogen-bond donors (Lipinski definition) is 2. The van der Waals surface area contributed by atoms with Gasteiger partial charge >= 0.3 is 5.97 Å². The molecule has 0 bridgehead atoms. The van der Waals surface area contributed by atoms with Crippen LogP contribution in [0.5, 0.6) is 0 Å². The fourth-order valence-corrected chi connectivity index (χ4v) is 2.92. The first-order chi connectivity index (χ1) is 8.93. The number of nitrogens with zero attached hydrogens (tertiary/aromatic N) is 1. The van der Waals surface area contributed by atoms with E-state index in [9.17, 15) is 9.59 Å². The molecule has 0 aromatic heterocycles. The van der Waals surface area contributed by atoms with Crippen molar-refractivity contribution >= 4 is 33.5 Å². The van der Waals surface area contributed by atoms with E-state index in [1.54, 1.807) is 17.0 Å². The van der Waals surface area contributed by atoms with Gasteiger partial charge < -0.3 is 15.7 Å². The van der Waals surface area contributed by atoms with E-state index < -0.39 is 5.97 Å². The van der Waals surface area contributed by atoms with Crippen LogP contribution in [0, 0.1) is 12.8 Å². The number of aryl methyl sites for hydroxylation is 1. The summed E-state index contributed by atoms with van der Waals surface area (Å²) in [5.74, 6) is -0.879. The maximum atomic E-state index is 12.0. The molecule has 1 atom stereocenters. The van der Waals surface area contributed by atoms with Gasteiger partial charge in [0.05, 0.1) is 5.56 Å². The zero-order chi connectivity index (χ0) is 14.2. The Kier molecular flexibility index (Phi) is 3.91. The molecule has 1 amide bonds. The third-order valence-electron chi connectivity index (χ3n) is 3.35. The molecule has 0 spiro atoms. The minimum Gasteiger partial charge on any atom is -0.478 e. The summed E-state index contributed by atoms with van der Waals surface area (Å²) in [6.45, 7) is 2.87. The van der Waals surface area contributed by atoms with E-state index in [1.165, 1.54) is 0 Å². The average molecular weight is 327 g/mol. The number of amides is 1. The smallest absolute Gasteiger partial charge is 0.336 e. The van der Waals surface area contributed by atoms with Crippen molar-refractivity contribution in [3.05, 3.63) is 27.7 Å². The number of halogens is 1. The van der Waals surface area contributed by atoms with Crippen LogP contribution in [0.15, 0.2) is 16.6 Å². The molecule has 1 heterocycles. The lowest BCUT2D eigenvalue weighted by Gasteiger charge is -2.20. The Bertz CT molecular complexity index is 545. The first-order valence-electron chi connectivity index (χ1n) is 5.98. The van der Waals surface area contributed by atoms with Gasteiger partial charge in [-0.3, -0.25) is 4.79 Å². The SMILES string of the molecule is Cc1cc(Br)c(C(=O)O)cc1N1CC(CN)CC1=O. The topological polar surface area (TPSA) is 83.6 Å². The van der Waals surface area contributed by atoms with Crippen molar-refractivity contribution in [2.75, 3.05) is 18.0 Å². The highest BCUT2D eigenvalue weighted by molar-refractivity contribution is 9.10. The van der Waals surface area contributed by atoms with Crippen LogP contribution in [-0.2, 0) is 4.79 Å². The van der Waals surface area contributed by atoms with Crippen molar-refractivity contribution in [1.82, 2.24) is 0 Å². The second-order valence-electron chi connectivity index (χ2n) is 4.73. The monoisotopic (exact) mass is 326 g/mol. The molecule has 1 aliphatic heterocycles. The van der Waals surface area contributed by atoms with E-state index in [1.807, 2.05) is 6.92 Å². The Hall–Kier alpha value is -1.40. The molecule has 1 aromatic carbocycles. The second kappa shape index (κ2) is 5.30. The number of carboxylic acid groups (broad SMARTS) is 1. The predicted molar refractivity (Wildman–Crippen MR) is 75.4 cm³/mol. The number of nitrogens with two attached hydrogens (primary N) is 1. The second-order valence-corrected chi connectivity index (χ2v) is 5.59. The van der Waals surface area contributed by atoms with E-state index in [-0.39, 0.29) is 17.4 Å². The van der Waals surface area contributed by atoms with E-state index in [4.69, 9.17) is 10.8 Å². The largest absolute Gasteiger partial charge is 0.478 e. The highest BCUT2D eigenvalue weighted by Gasteiger charge is 2.31. The molecule has 1 fully saturated rings. The number of hydrogen-bond acceptors (Lipinski definition) is 3. The molecule has 19 heavy (non-hydrogen) atoms. The molecule has 1 saturated heterocycles. The number of anilines is 1. The Morgan fingerprint density at radius 1 is 1.58 bits per heavy atom. The van der Waals surface area contributed by atoms with Gasteiger partial charge in [0.15, 0.2) is 0 Å². The third kappa shape index (κ3) is 2.64. The van der Waals surface area contributed by atoms with Crippen LogP contribution in [0.2, 0.25) is 0 Å². The van der Waals surface area contributed by atoms with Gasteiger partial charge in [0.2, 0.25) is 5.91 Å². The van der Waals surface area contributed by atoms with Gasteiger partial charge in [0, 0.05) is 23.1 Å². The van der Waals surface area contributed by atoms with Gasteiger partial charge in [-0.1, -0.05) is 0 Å². The molecule has 2 rings (SSSR count). The fourth-order valence-electron chi connectivity index (χ4n) is 2.29. The Morgan fingerprint density at radius 2 is 2.26 bits per heavy atom. The molecule has 3 N–H and O–H groups in total. The number of benzene rings is 1. The summed E-state index contributed by atoms with van der Waals surface area (Å²) in [6, 6.07) is 3.26. The quantitative estimate of drug-likeness (QED) is 0.886. The minimum absolute atomic E-state index is 0.00258. The first kappa shape index (κ1) is 14.0. The summed E-state index contributed by atoms with van der Waals surface area (Å²) in [4.78, 5) is 24.8. The fraction of sp³-hybridized carbons (Fsp3) is 0.385. The highest BCUT2D eigenvalue weighted by Crippen LogP contribution is 2.31. The van der Waals surface area contributed by atoms with Crippen LogP contribution in [0.4, 0.5) is 5.69 Å². The molecule has 1 aromatic rings. The molecular formula is C13H15BrN2O3. The van der Waals surface area contributed by atoms with Crippen molar-refractivity contribution in [3.8, 4) is 0 Å². The Labute approximate surface area is 119 Å². The van der Waals surface area contributed by atoms with Crippen molar-refractivity contribution in [2.24, 2.45) is 11.7 Å². The average Bonchev–Trinajstić information content (AvgIpc) is 2.70. The van der Waals surface area contributed by atoms with E-state index in [2.05, 4.69) is 15.9 Å². The van der Waals surface area contributed by atoms with E-state index >= 15 is 0 Å². The molecule has 1 aliphatic rings. The summed E-state index contributed by atoms with van der Waals surface area (Å²) >= 11 is 3.23. The van der Waals surface area contributed by atoms with Crippen LogP contribution < -0.4 is 10.6 Å². The van der Waals surface area contributed by atoms with E-state index in [0.717, 1.165) is 5.56 Å². The Balaban J connectivity index is 2.42. The Morgan fingerprint density at radius 3 is 2.79 bits per heavy atom. The van der Waals surface area contributed by atoms with Gasteiger partial charge in [-0.05, 0) is 53.0 Å². The maximum Gasteiger partial charge on any atom is 0.336 e. The zero-order valence-corrected chi connectivity index (χ0v) is 12.1. The van der Waals surface area contributed by atoms with Gasteiger partial charge in [0.1, 0.15) is 0 Å². The standard InChI is InChI=1S/C13H15BrN2O3/c1-7-2-10(14)9(13(18)19)4-11(7)16-6-8(5-15)3-12(16)17/h2,4,8H,3,5-6,15H2,1H3,(H,18,19). The molecule has 0 radical (unpaired) electrons. The number of carbonyl (C=O) groups excluding carboxylic acids is 1. The zero-order valence-electron chi connectivity index (χ0n) is 10.5. The van der Waals surface area contributed by atoms with Gasteiger partial charge in [-0.2, -0.15) is 0 Å². The summed E-state index contributed by atoms with van der Waals surface area (Å²) < 4.78 is 0.517. The minimum atomic E-state index is -1.02. The van der Waals surface area contributed by atoms with Crippen molar-refractivity contribution in [3.63, 3.8) is 0 Å².